The zero-order valence-electron chi connectivity index (χ0n) is 12.4. The second-order valence-electron chi connectivity index (χ2n) is 5.10. The number of nitrogens with one attached hydrogen (secondary N) is 1. The molecule has 1 aromatic heterocycles. The third kappa shape index (κ3) is 5.53. The molecule has 0 saturated heterocycles. The lowest BCUT2D eigenvalue weighted by molar-refractivity contribution is -0.136. The molecule has 116 valence electrons. The van der Waals surface area contributed by atoms with E-state index >= 15 is 0 Å². The van der Waals surface area contributed by atoms with Crippen LogP contribution in [-0.2, 0) is 6.42 Å². The van der Waals surface area contributed by atoms with E-state index in [4.69, 9.17) is 0 Å². The van der Waals surface area contributed by atoms with Gasteiger partial charge in [0.05, 0.1) is 11.7 Å². The van der Waals surface area contributed by atoms with Gasteiger partial charge in [0.15, 0.2) is 0 Å². The molecule has 0 aliphatic heterocycles. The number of halogens is 3. The van der Waals surface area contributed by atoms with Crippen molar-refractivity contribution >= 4 is 0 Å². The summed E-state index contributed by atoms with van der Waals surface area (Å²) in [5.41, 5.74) is 0.846. The first kappa shape index (κ1) is 17.0. The molecule has 1 rings (SSSR count). The fourth-order valence-corrected chi connectivity index (χ4v) is 2.29. The van der Waals surface area contributed by atoms with E-state index in [2.05, 4.69) is 24.3 Å². The summed E-state index contributed by atoms with van der Waals surface area (Å²) in [6.07, 6.45) is -0.320. The molecule has 0 aromatic carbocycles. The Morgan fingerprint density at radius 1 is 1.30 bits per heavy atom. The Morgan fingerprint density at radius 3 is 2.45 bits per heavy atom. The molecule has 0 aliphatic carbocycles. The van der Waals surface area contributed by atoms with Crippen LogP contribution in [0.2, 0.25) is 0 Å². The highest BCUT2D eigenvalue weighted by Crippen LogP contribution is 2.23. The van der Waals surface area contributed by atoms with Crippen molar-refractivity contribution in [3.63, 3.8) is 0 Å². The summed E-state index contributed by atoms with van der Waals surface area (Å²) in [5, 5.41) is 7.42. The lowest BCUT2D eigenvalue weighted by Gasteiger charge is -2.16. The van der Waals surface area contributed by atoms with Gasteiger partial charge in [-0.2, -0.15) is 18.3 Å². The van der Waals surface area contributed by atoms with Crippen LogP contribution in [0.5, 0.6) is 0 Å². The van der Waals surface area contributed by atoms with E-state index in [9.17, 15) is 13.2 Å². The van der Waals surface area contributed by atoms with Crippen molar-refractivity contribution in [2.75, 3.05) is 7.05 Å². The van der Waals surface area contributed by atoms with Crippen LogP contribution in [0, 0.1) is 0 Å². The minimum absolute atomic E-state index is 0.0812. The van der Waals surface area contributed by atoms with E-state index in [1.165, 1.54) is 0 Å². The summed E-state index contributed by atoms with van der Waals surface area (Å²) in [6, 6.07) is 2.07. The summed E-state index contributed by atoms with van der Waals surface area (Å²) >= 11 is 0. The van der Waals surface area contributed by atoms with Gasteiger partial charge >= 0.3 is 6.18 Å². The second kappa shape index (κ2) is 7.67. The first-order valence-corrected chi connectivity index (χ1v) is 7.17. The van der Waals surface area contributed by atoms with E-state index in [-0.39, 0.29) is 12.5 Å². The van der Waals surface area contributed by atoms with Crippen molar-refractivity contribution in [3.05, 3.63) is 18.0 Å². The number of rotatable bonds is 8. The third-order valence-corrected chi connectivity index (χ3v) is 3.62. The van der Waals surface area contributed by atoms with Gasteiger partial charge in [0.2, 0.25) is 0 Å². The van der Waals surface area contributed by atoms with Gasteiger partial charge in [-0.05, 0) is 32.4 Å². The summed E-state index contributed by atoms with van der Waals surface area (Å²) < 4.78 is 38.7. The van der Waals surface area contributed by atoms with Crippen LogP contribution >= 0.6 is 0 Å². The Morgan fingerprint density at radius 2 is 1.95 bits per heavy atom. The first-order chi connectivity index (χ1) is 9.39. The zero-order chi connectivity index (χ0) is 15.2. The molecule has 0 fully saturated rings. The molecular formula is C14H24F3N3. The summed E-state index contributed by atoms with van der Waals surface area (Å²) in [7, 11) is 1.69. The van der Waals surface area contributed by atoms with Gasteiger partial charge in [0, 0.05) is 25.1 Å². The molecule has 1 aromatic rings. The Labute approximate surface area is 118 Å². The Hall–Kier alpha value is -1.04. The lowest BCUT2D eigenvalue weighted by Crippen LogP contribution is -2.29. The molecule has 0 spiro atoms. The van der Waals surface area contributed by atoms with E-state index in [1.807, 2.05) is 16.9 Å². The van der Waals surface area contributed by atoms with Gasteiger partial charge in [-0.1, -0.05) is 13.8 Å². The third-order valence-electron chi connectivity index (χ3n) is 3.62. The minimum atomic E-state index is -4.09. The van der Waals surface area contributed by atoms with E-state index in [0.717, 1.165) is 18.5 Å². The van der Waals surface area contributed by atoms with Crippen LogP contribution in [0.15, 0.2) is 12.3 Å². The normalized spacial score (nSPS) is 13.9. The number of likely N-dealkylation sites (N-methyl/N-ethyl adjacent to an activating group) is 1. The summed E-state index contributed by atoms with van der Waals surface area (Å²) in [6.45, 7) is 4.21. The molecule has 6 heteroatoms. The van der Waals surface area contributed by atoms with Gasteiger partial charge in [-0.25, -0.2) is 0 Å². The molecule has 0 bridgehead atoms. The highest BCUT2D eigenvalue weighted by Gasteiger charge is 2.28. The summed E-state index contributed by atoms with van der Waals surface area (Å²) in [4.78, 5) is 0. The predicted molar refractivity (Wildman–Crippen MR) is 73.7 cm³/mol. The van der Waals surface area contributed by atoms with Crippen LogP contribution < -0.4 is 5.32 Å². The van der Waals surface area contributed by atoms with Crippen LogP contribution in [0.1, 0.15) is 51.3 Å². The Bertz CT molecular complexity index is 383. The number of nitrogens with zero attached hydrogens (tertiary/aromatic N) is 2. The van der Waals surface area contributed by atoms with E-state index < -0.39 is 12.6 Å². The molecule has 0 saturated carbocycles. The molecule has 1 unspecified atom stereocenters. The van der Waals surface area contributed by atoms with Gasteiger partial charge < -0.3 is 5.32 Å². The molecule has 0 aliphatic rings. The highest BCUT2D eigenvalue weighted by molar-refractivity contribution is 5.02. The summed E-state index contributed by atoms with van der Waals surface area (Å²) in [5.74, 6) is 0. The van der Waals surface area contributed by atoms with Crippen LogP contribution in [-0.4, -0.2) is 29.0 Å². The average Bonchev–Trinajstić information content (AvgIpc) is 2.83. The molecule has 20 heavy (non-hydrogen) atoms. The second-order valence-corrected chi connectivity index (χ2v) is 5.10. The number of hydrogen-bond donors (Lipinski definition) is 1. The quantitative estimate of drug-likeness (QED) is 0.791. The topological polar surface area (TPSA) is 29.9 Å². The lowest BCUT2D eigenvalue weighted by atomic mass is 10.1. The highest BCUT2D eigenvalue weighted by atomic mass is 19.4. The smallest absolute Gasteiger partial charge is 0.317 e. The van der Waals surface area contributed by atoms with Crippen molar-refractivity contribution < 1.29 is 13.2 Å². The first-order valence-electron chi connectivity index (χ1n) is 7.17. The Kier molecular flexibility index (Phi) is 6.52. The molecule has 1 N–H and O–H groups in total. The largest absolute Gasteiger partial charge is 0.389 e. The fraction of sp³-hybridized carbons (Fsp3) is 0.786. The minimum Gasteiger partial charge on any atom is -0.317 e. The molecular weight excluding hydrogens is 267 g/mol. The van der Waals surface area contributed by atoms with Crippen molar-refractivity contribution in [2.45, 2.75) is 64.2 Å². The van der Waals surface area contributed by atoms with Gasteiger partial charge in [0.1, 0.15) is 0 Å². The van der Waals surface area contributed by atoms with E-state index in [1.54, 1.807) is 7.05 Å². The maximum absolute atomic E-state index is 12.2. The maximum Gasteiger partial charge on any atom is 0.389 e. The van der Waals surface area contributed by atoms with Crippen molar-refractivity contribution in [3.8, 4) is 0 Å². The van der Waals surface area contributed by atoms with Gasteiger partial charge in [0.25, 0.3) is 0 Å². The van der Waals surface area contributed by atoms with Crippen LogP contribution in [0.25, 0.3) is 0 Å². The molecule has 3 nitrogen and oxygen atoms in total. The zero-order valence-corrected chi connectivity index (χ0v) is 12.4. The SMILES string of the molecule is CCC(CC)n1ccc(CC(CCC(F)(F)F)NC)n1. The molecule has 0 radical (unpaired) electrons. The monoisotopic (exact) mass is 291 g/mol. The van der Waals surface area contributed by atoms with Crippen LogP contribution in [0.4, 0.5) is 13.2 Å². The number of alkyl halides is 3. The average molecular weight is 291 g/mol. The molecule has 0 amide bonds. The Balaban J connectivity index is 2.57. The molecule has 1 atom stereocenters. The number of hydrogen-bond acceptors (Lipinski definition) is 2. The van der Waals surface area contributed by atoms with Crippen molar-refractivity contribution in [2.24, 2.45) is 0 Å². The van der Waals surface area contributed by atoms with Crippen LogP contribution in [0.3, 0.4) is 0 Å². The standard InChI is InChI=1S/C14H24F3N3/c1-4-13(5-2)20-9-7-12(19-20)10-11(18-3)6-8-14(15,16)17/h7,9,11,13,18H,4-6,8,10H2,1-3H3. The van der Waals surface area contributed by atoms with Crippen molar-refractivity contribution in [1.82, 2.24) is 15.1 Å². The van der Waals surface area contributed by atoms with Crippen molar-refractivity contribution in [1.29, 1.82) is 0 Å². The molecule has 1 heterocycles. The van der Waals surface area contributed by atoms with E-state index in [0.29, 0.717) is 12.5 Å². The fourth-order valence-electron chi connectivity index (χ4n) is 2.29. The number of aromatic nitrogens is 2. The predicted octanol–water partition coefficient (Wildman–Crippen LogP) is 3.72. The van der Waals surface area contributed by atoms with Gasteiger partial charge in [-0.15, -0.1) is 0 Å². The maximum atomic E-state index is 12.2. The van der Waals surface area contributed by atoms with Gasteiger partial charge in [-0.3, -0.25) is 4.68 Å².